The molecule has 5 nitrogen and oxygen atoms in total. The summed E-state index contributed by atoms with van der Waals surface area (Å²) in [5.74, 6) is -2.18. The molecule has 0 aliphatic carbocycles. The molecule has 0 unspecified atom stereocenters. The summed E-state index contributed by atoms with van der Waals surface area (Å²) >= 11 is 5.96. The van der Waals surface area contributed by atoms with Gasteiger partial charge >= 0.3 is 0 Å². The van der Waals surface area contributed by atoms with E-state index >= 15 is 0 Å². The van der Waals surface area contributed by atoms with Crippen LogP contribution in [0.3, 0.4) is 0 Å². The van der Waals surface area contributed by atoms with Gasteiger partial charge in [0.1, 0.15) is 5.52 Å². The molecule has 148 valence electrons. The zero-order valence-electron chi connectivity index (χ0n) is 14.9. The average Bonchev–Trinajstić information content (AvgIpc) is 3.07. The van der Waals surface area contributed by atoms with E-state index < -0.39 is 21.7 Å². The van der Waals surface area contributed by atoms with Gasteiger partial charge in [-0.25, -0.2) is 22.2 Å². The first-order valence-corrected chi connectivity index (χ1v) is 10.2. The molecule has 9 heteroatoms. The lowest BCUT2D eigenvalue weighted by molar-refractivity contribution is 0.508. The van der Waals surface area contributed by atoms with E-state index in [2.05, 4.69) is 9.71 Å². The number of hydrogen-bond donors (Lipinski definition) is 1. The van der Waals surface area contributed by atoms with Crippen molar-refractivity contribution in [3.63, 3.8) is 0 Å². The number of aryl methyl sites for hydroxylation is 1. The third-order valence-electron chi connectivity index (χ3n) is 4.21. The van der Waals surface area contributed by atoms with E-state index in [1.165, 1.54) is 30.3 Å². The maximum atomic E-state index is 13.6. The van der Waals surface area contributed by atoms with Crippen molar-refractivity contribution in [3.05, 3.63) is 76.8 Å². The fourth-order valence-corrected chi connectivity index (χ4v) is 4.00. The Kier molecular flexibility index (Phi) is 4.76. The van der Waals surface area contributed by atoms with Gasteiger partial charge in [-0.1, -0.05) is 29.3 Å². The lowest BCUT2D eigenvalue weighted by Gasteiger charge is -2.08. The van der Waals surface area contributed by atoms with Crippen molar-refractivity contribution in [3.8, 4) is 11.5 Å². The summed E-state index contributed by atoms with van der Waals surface area (Å²) in [6, 6.07) is 12.7. The Balaban J connectivity index is 1.69. The van der Waals surface area contributed by atoms with Crippen molar-refractivity contribution in [1.29, 1.82) is 0 Å². The lowest BCUT2D eigenvalue weighted by atomic mass is 10.2. The number of rotatable bonds is 4. The summed E-state index contributed by atoms with van der Waals surface area (Å²) in [6.45, 7) is 1.86. The first-order chi connectivity index (χ1) is 13.7. The van der Waals surface area contributed by atoms with Crippen LogP contribution in [0, 0.1) is 18.6 Å². The van der Waals surface area contributed by atoms with Crippen LogP contribution in [0.4, 0.5) is 14.5 Å². The molecule has 1 heterocycles. The molecule has 3 aromatic carbocycles. The molecule has 4 aromatic rings. The predicted molar refractivity (Wildman–Crippen MR) is 106 cm³/mol. The van der Waals surface area contributed by atoms with E-state index in [4.69, 9.17) is 16.0 Å². The smallest absolute Gasteiger partial charge is 0.261 e. The molecule has 0 aliphatic heterocycles. The average molecular weight is 435 g/mol. The topological polar surface area (TPSA) is 72.2 Å². The van der Waals surface area contributed by atoms with E-state index in [9.17, 15) is 17.2 Å². The largest absolute Gasteiger partial charge is 0.436 e. The molecule has 0 spiro atoms. The van der Waals surface area contributed by atoms with E-state index in [0.29, 0.717) is 11.1 Å². The van der Waals surface area contributed by atoms with Crippen molar-refractivity contribution < 1.29 is 21.6 Å². The van der Waals surface area contributed by atoms with Crippen LogP contribution >= 0.6 is 11.6 Å². The zero-order valence-corrected chi connectivity index (χ0v) is 16.5. The van der Waals surface area contributed by atoms with E-state index in [-0.39, 0.29) is 27.1 Å². The highest BCUT2D eigenvalue weighted by atomic mass is 35.5. The van der Waals surface area contributed by atoms with Gasteiger partial charge in [-0.15, -0.1) is 0 Å². The van der Waals surface area contributed by atoms with Crippen molar-refractivity contribution in [1.82, 2.24) is 4.98 Å². The molecule has 0 bridgehead atoms. The Bertz CT molecular complexity index is 1340. The van der Waals surface area contributed by atoms with Gasteiger partial charge in [0, 0.05) is 0 Å². The van der Waals surface area contributed by atoms with Gasteiger partial charge in [0.25, 0.3) is 10.0 Å². The van der Waals surface area contributed by atoms with Gasteiger partial charge in [0.15, 0.2) is 17.2 Å². The quantitative estimate of drug-likeness (QED) is 0.428. The van der Waals surface area contributed by atoms with Gasteiger partial charge in [-0.05, 0) is 49.4 Å². The minimum Gasteiger partial charge on any atom is -0.436 e. The Morgan fingerprint density at radius 3 is 2.41 bits per heavy atom. The molecule has 0 radical (unpaired) electrons. The third kappa shape index (κ3) is 3.81. The minimum atomic E-state index is -3.78. The molecule has 0 fully saturated rings. The third-order valence-corrected chi connectivity index (χ3v) is 5.92. The van der Waals surface area contributed by atoms with Crippen LogP contribution in [0.5, 0.6) is 0 Å². The van der Waals surface area contributed by atoms with Crippen LogP contribution in [0.1, 0.15) is 5.56 Å². The number of oxazole rings is 1. The fraction of sp³-hybridized carbons (Fsp3) is 0.0500. The number of anilines is 1. The van der Waals surface area contributed by atoms with Crippen LogP contribution in [0.25, 0.3) is 22.6 Å². The fourth-order valence-electron chi connectivity index (χ4n) is 2.72. The van der Waals surface area contributed by atoms with Gasteiger partial charge in [0.05, 0.1) is 21.2 Å². The molecule has 0 saturated carbocycles. The SMILES string of the molecule is Cc1ccc(S(=O)(=O)Nc2ccc3oc(-c4cc(F)c(F)cc4Cl)nc3c2)cc1. The van der Waals surface area contributed by atoms with Crippen LogP contribution < -0.4 is 4.72 Å². The molecule has 4 rings (SSSR count). The molecule has 0 amide bonds. The molecule has 0 atom stereocenters. The second kappa shape index (κ2) is 7.13. The van der Waals surface area contributed by atoms with E-state index in [1.807, 2.05) is 6.92 Å². The van der Waals surface area contributed by atoms with Gasteiger partial charge < -0.3 is 4.42 Å². The molecule has 1 aromatic heterocycles. The number of nitrogens with zero attached hydrogens (tertiary/aromatic N) is 1. The summed E-state index contributed by atoms with van der Waals surface area (Å²) in [7, 11) is -3.78. The Labute approximate surface area is 170 Å². The second-order valence-electron chi connectivity index (χ2n) is 6.37. The number of aromatic nitrogens is 1. The summed E-state index contributed by atoms with van der Waals surface area (Å²) in [4.78, 5) is 4.34. The normalized spacial score (nSPS) is 11.7. The van der Waals surface area contributed by atoms with E-state index in [1.54, 1.807) is 12.1 Å². The van der Waals surface area contributed by atoms with Crippen molar-refractivity contribution in [2.75, 3.05) is 4.72 Å². The molecule has 1 N–H and O–H groups in total. The number of nitrogens with one attached hydrogen (secondary N) is 1. The molecule has 0 aliphatic rings. The number of benzene rings is 3. The molecule has 0 saturated heterocycles. The number of hydrogen-bond acceptors (Lipinski definition) is 4. The number of sulfonamides is 1. The molecular formula is C20H13ClF2N2O3S. The zero-order chi connectivity index (χ0) is 20.8. The van der Waals surface area contributed by atoms with Crippen molar-refractivity contribution in [2.24, 2.45) is 0 Å². The van der Waals surface area contributed by atoms with Crippen molar-refractivity contribution in [2.45, 2.75) is 11.8 Å². The highest BCUT2D eigenvalue weighted by molar-refractivity contribution is 7.92. The summed E-state index contributed by atoms with van der Waals surface area (Å²) in [6.07, 6.45) is 0. The predicted octanol–water partition coefficient (Wildman–Crippen LogP) is 5.54. The van der Waals surface area contributed by atoms with Gasteiger partial charge in [-0.3, -0.25) is 4.72 Å². The van der Waals surface area contributed by atoms with Crippen LogP contribution in [0.2, 0.25) is 5.02 Å². The lowest BCUT2D eigenvalue weighted by Crippen LogP contribution is -2.12. The number of fused-ring (bicyclic) bond motifs is 1. The Morgan fingerprint density at radius 2 is 1.69 bits per heavy atom. The highest BCUT2D eigenvalue weighted by Gasteiger charge is 2.18. The number of halogens is 3. The van der Waals surface area contributed by atoms with Crippen LogP contribution in [0.15, 0.2) is 63.9 Å². The van der Waals surface area contributed by atoms with Crippen LogP contribution in [-0.4, -0.2) is 13.4 Å². The summed E-state index contributed by atoms with van der Waals surface area (Å²) in [5.41, 5.74) is 1.96. The molecule has 29 heavy (non-hydrogen) atoms. The van der Waals surface area contributed by atoms with Crippen molar-refractivity contribution >= 4 is 38.4 Å². The first-order valence-electron chi connectivity index (χ1n) is 8.38. The maximum absolute atomic E-state index is 13.6. The van der Waals surface area contributed by atoms with E-state index in [0.717, 1.165) is 17.7 Å². The van der Waals surface area contributed by atoms with Gasteiger partial charge in [-0.2, -0.15) is 0 Å². The summed E-state index contributed by atoms with van der Waals surface area (Å²) < 4.78 is 59.9. The highest BCUT2D eigenvalue weighted by Crippen LogP contribution is 2.32. The monoisotopic (exact) mass is 434 g/mol. The first kappa shape index (κ1) is 19.4. The maximum Gasteiger partial charge on any atom is 0.261 e. The minimum absolute atomic E-state index is 0.0116. The Hall–Kier alpha value is -2.97. The van der Waals surface area contributed by atoms with Crippen LogP contribution in [-0.2, 0) is 10.0 Å². The second-order valence-corrected chi connectivity index (χ2v) is 8.46. The summed E-state index contributed by atoms with van der Waals surface area (Å²) in [5, 5.41) is -0.0595. The standard InChI is InChI=1S/C20H13ClF2N2O3S/c1-11-2-5-13(6-3-11)29(26,27)25-12-4-7-19-18(8-12)24-20(28-19)14-9-16(22)17(23)10-15(14)21/h2-10,25H,1H3. The molecular weight excluding hydrogens is 422 g/mol. The van der Waals surface area contributed by atoms with Gasteiger partial charge in [0.2, 0.25) is 5.89 Å². The Morgan fingerprint density at radius 1 is 1.00 bits per heavy atom.